The van der Waals surface area contributed by atoms with Crippen molar-refractivity contribution in [2.45, 2.75) is 51.1 Å². The monoisotopic (exact) mass is 620 g/mol. The SMILES string of the molecule is CC(C)[C@H](NC(=O)[C@H](Cc1ccccc1)NC(=O)CCc1cccc(Cl)c1)C(=O)C(F)(F)C(=O)NCCN1CCOCC1. The first-order valence-corrected chi connectivity index (χ1v) is 14.7. The maximum Gasteiger partial charge on any atom is 0.383 e. The van der Waals surface area contributed by atoms with Crippen LogP contribution in [0.3, 0.4) is 0 Å². The molecule has 3 rings (SSSR count). The van der Waals surface area contributed by atoms with Gasteiger partial charge in [0.1, 0.15) is 6.04 Å². The summed E-state index contributed by atoms with van der Waals surface area (Å²) in [6.07, 6.45) is 0.479. The average molecular weight is 621 g/mol. The van der Waals surface area contributed by atoms with E-state index in [1.165, 1.54) is 13.8 Å². The number of amides is 3. The van der Waals surface area contributed by atoms with Gasteiger partial charge in [-0.2, -0.15) is 8.78 Å². The number of ketones is 1. The lowest BCUT2D eigenvalue weighted by atomic mass is 9.94. The van der Waals surface area contributed by atoms with Gasteiger partial charge < -0.3 is 20.7 Å². The number of carbonyl (C=O) groups is 4. The molecule has 12 heteroatoms. The van der Waals surface area contributed by atoms with E-state index in [9.17, 15) is 19.2 Å². The Morgan fingerprint density at radius 1 is 0.977 bits per heavy atom. The molecule has 0 bridgehead atoms. The van der Waals surface area contributed by atoms with E-state index in [1.54, 1.807) is 48.5 Å². The zero-order valence-corrected chi connectivity index (χ0v) is 25.2. The molecule has 0 aliphatic carbocycles. The lowest BCUT2D eigenvalue weighted by molar-refractivity contribution is -0.161. The number of nitrogens with one attached hydrogen (secondary N) is 3. The highest BCUT2D eigenvalue weighted by Crippen LogP contribution is 2.21. The standard InChI is InChI=1S/C31H39ClF2N4O5/c1-21(2)27(28(40)31(33,34)30(42)35-13-14-38-15-17-43-18-16-38)37-29(41)25(20-22-7-4-3-5-8-22)36-26(39)12-11-23-9-6-10-24(32)19-23/h3-10,19,21,25,27H,11-18,20H2,1-2H3,(H,35,42)(H,36,39)(H,37,41)/t25-,27-/m0/s1. The molecule has 9 nitrogen and oxygen atoms in total. The van der Waals surface area contributed by atoms with Gasteiger partial charge in [0, 0.05) is 44.0 Å². The van der Waals surface area contributed by atoms with Crippen LogP contribution in [-0.2, 0) is 36.8 Å². The van der Waals surface area contributed by atoms with E-state index >= 15 is 8.78 Å². The van der Waals surface area contributed by atoms with E-state index in [4.69, 9.17) is 16.3 Å². The normalized spacial score (nSPS) is 15.4. The molecule has 0 saturated carbocycles. The van der Waals surface area contributed by atoms with Crippen LogP contribution < -0.4 is 16.0 Å². The highest BCUT2D eigenvalue weighted by molar-refractivity contribution is 6.30. The van der Waals surface area contributed by atoms with Gasteiger partial charge in [-0.05, 0) is 35.6 Å². The molecule has 0 unspecified atom stereocenters. The maximum absolute atomic E-state index is 15.1. The lowest BCUT2D eigenvalue weighted by Crippen LogP contribution is -2.59. The highest BCUT2D eigenvalue weighted by atomic mass is 35.5. The van der Waals surface area contributed by atoms with Crippen LogP contribution in [0.4, 0.5) is 8.78 Å². The lowest BCUT2D eigenvalue weighted by Gasteiger charge is -2.28. The zero-order chi connectivity index (χ0) is 31.4. The van der Waals surface area contributed by atoms with Crippen molar-refractivity contribution in [3.05, 3.63) is 70.7 Å². The molecule has 3 N–H and O–H groups in total. The van der Waals surface area contributed by atoms with Crippen LogP contribution in [-0.4, -0.2) is 85.8 Å². The maximum atomic E-state index is 15.1. The molecule has 0 aromatic heterocycles. The Morgan fingerprint density at radius 2 is 1.65 bits per heavy atom. The van der Waals surface area contributed by atoms with Crippen LogP contribution in [0, 0.1) is 5.92 Å². The van der Waals surface area contributed by atoms with Crippen molar-refractivity contribution in [2.24, 2.45) is 5.92 Å². The second kappa shape index (κ2) is 16.4. The minimum atomic E-state index is -4.37. The van der Waals surface area contributed by atoms with E-state index in [2.05, 4.69) is 16.0 Å². The average Bonchev–Trinajstić information content (AvgIpc) is 2.99. The molecule has 1 fully saturated rings. The third kappa shape index (κ3) is 10.7. The molecule has 3 amide bonds. The summed E-state index contributed by atoms with van der Waals surface area (Å²) in [5, 5.41) is 7.74. The number of benzene rings is 2. The Labute approximate surface area is 255 Å². The summed E-state index contributed by atoms with van der Waals surface area (Å²) in [6, 6.07) is 13.1. The van der Waals surface area contributed by atoms with Gasteiger partial charge >= 0.3 is 5.92 Å². The van der Waals surface area contributed by atoms with Crippen molar-refractivity contribution < 1.29 is 32.7 Å². The molecule has 1 aliphatic rings. The fraction of sp³-hybridized carbons (Fsp3) is 0.484. The number of nitrogens with zero attached hydrogens (tertiary/aromatic N) is 1. The molecule has 0 spiro atoms. The minimum Gasteiger partial charge on any atom is -0.379 e. The van der Waals surface area contributed by atoms with Gasteiger partial charge in [-0.25, -0.2) is 0 Å². The van der Waals surface area contributed by atoms with Crippen LogP contribution in [0.2, 0.25) is 5.02 Å². The van der Waals surface area contributed by atoms with Crippen LogP contribution in [0.5, 0.6) is 0 Å². The Morgan fingerprint density at radius 3 is 2.30 bits per heavy atom. The van der Waals surface area contributed by atoms with E-state index in [1.807, 2.05) is 11.0 Å². The summed E-state index contributed by atoms with van der Waals surface area (Å²) in [4.78, 5) is 53.6. The van der Waals surface area contributed by atoms with Crippen LogP contribution in [0.15, 0.2) is 54.6 Å². The molecular formula is C31H39ClF2N4O5. The number of ether oxygens (including phenoxy) is 1. The second-order valence-corrected chi connectivity index (χ2v) is 11.3. The summed E-state index contributed by atoms with van der Waals surface area (Å²) in [5.41, 5.74) is 1.55. The second-order valence-electron chi connectivity index (χ2n) is 10.8. The Bertz CT molecular complexity index is 1240. The number of rotatable bonds is 15. The number of hydrogen-bond acceptors (Lipinski definition) is 6. The fourth-order valence-electron chi connectivity index (χ4n) is 4.64. The number of halogens is 3. The smallest absolute Gasteiger partial charge is 0.379 e. The van der Waals surface area contributed by atoms with Gasteiger partial charge in [0.05, 0.1) is 19.3 Å². The predicted octanol–water partition coefficient (Wildman–Crippen LogP) is 2.79. The number of morpholine rings is 1. The van der Waals surface area contributed by atoms with E-state index < -0.39 is 47.4 Å². The van der Waals surface area contributed by atoms with E-state index in [0.29, 0.717) is 44.3 Å². The molecule has 1 saturated heterocycles. The molecule has 43 heavy (non-hydrogen) atoms. The number of aryl methyl sites for hydroxylation is 1. The summed E-state index contributed by atoms with van der Waals surface area (Å²) >= 11 is 6.02. The van der Waals surface area contributed by atoms with Gasteiger partial charge in [-0.3, -0.25) is 24.1 Å². The predicted molar refractivity (Wildman–Crippen MR) is 159 cm³/mol. The molecule has 2 aromatic rings. The Kier molecular flexibility index (Phi) is 13.0. The fourth-order valence-corrected chi connectivity index (χ4v) is 4.85. The van der Waals surface area contributed by atoms with E-state index in [0.717, 1.165) is 11.1 Å². The first kappa shape index (κ1) is 34.1. The Balaban J connectivity index is 1.66. The summed E-state index contributed by atoms with van der Waals surface area (Å²) in [7, 11) is 0. The van der Waals surface area contributed by atoms with Crippen molar-refractivity contribution in [1.82, 2.24) is 20.9 Å². The largest absolute Gasteiger partial charge is 0.383 e. The van der Waals surface area contributed by atoms with Crippen LogP contribution in [0.1, 0.15) is 31.4 Å². The third-order valence-electron chi connectivity index (χ3n) is 7.12. The van der Waals surface area contributed by atoms with Crippen molar-refractivity contribution >= 4 is 35.1 Å². The van der Waals surface area contributed by atoms with Crippen molar-refractivity contribution in [1.29, 1.82) is 0 Å². The molecule has 234 valence electrons. The molecule has 2 atom stereocenters. The zero-order valence-electron chi connectivity index (χ0n) is 24.4. The Hall–Kier alpha value is -3.41. The van der Waals surface area contributed by atoms with E-state index in [-0.39, 0.29) is 19.4 Å². The van der Waals surface area contributed by atoms with Crippen LogP contribution >= 0.6 is 11.6 Å². The van der Waals surface area contributed by atoms with Crippen molar-refractivity contribution in [2.75, 3.05) is 39.4 Å². The van der Waals surface area contributed by atoms with Crippen molar-refractivity contribution in [3.8, 4) is 0 Å². The molecule has 2 aromatic carbocycles. The number of alkyl halides is 2. The third-order valence-corrected chi connectivity index (χ3v) is 7.36. The van der Waals surface area contributed by atoms with Gasteiger partial charge in [-0.15, -0.1) is 0 Å². The number of Topliss-reactive ketones (excluding diaryl/α,β-unsaturated/α-hetero) is 1. The summed E-state index contributed by atoms with van der Waals surface area (Å²) < 4.78 is 35.4. The first-order chi connectivity index (χ1) is 20.5. The summed E-state index contributed by atoms with van der Waals surface area (Å²) in [5.74, 6) is -9.82. The van der Waals surface area contributed by atoms with Gasteiger partial charge in [0.15, 0.2) is 0 Å². The van der Waals surface area contributed by atoms with Gasteiger partial charge in [0.2, 0.25) is 17.6 Å². The van der Waals surface area contributed by atoms with Crippen LogP contribution in [0.25, 0.3) is 0 Å². The number of carbonyl (C=O) groups excluding carboxylic acids is 4. The first-order valence-electron chi connectivity index (χ1n) is 14.4. The minimum absolute atomic E-state index is 0.0497. The molecular weight excluding hydrogens is 582 g/mol. The highest BCUT2D eigenvalue weighted by Gasteiger charge is 2.51. The van der Waals surface area contributed by atoms with Crippen molar-refractivity contribution in [3.63, 3.8) is 0 Å². The quantitative estimate of drug-likeness (QED) is 0.264. The molecule has 0 radical (unpaired) electrons. The van der Waals surface area contributed by atoms with Gasteiger partial charge in [-0.1, -0.05) is 67.9 Å². The topological polar surface area (TPSA) is 117 Å². The number of hydrogen-bond donors (Lipinski definition) is 3. The molecule has 1 heterocycles. The summed E-state index contributed by atoms with van der Waals surface area (Å²) in [6.45, 7) is 5.53. The van der Waals surface area contributed by atoms with Gasteiger partial charge in [0.25, 0.3) is 5.91 Å². The molecule has 1 aliphatic heterocycles.